The van der Waals surface area contributed by atoms with Gasteiger partial charge in [0.2, 0.25) is 10.0 Å². The van der Waals surface area contributed by atoms with Crippen molar-refractivity contribution in [3.05, 3.63) is 27.7 Å². The summed E-state index contributed by atoms with van der Waals surface area (Å²) in [5.74, 6) is -1.18. The van der Waals surface area contributed by atoms with E-state index >= 15 is 0 Å². The smallest absolute Gasteiger partial charge is 0.340 e. The minimum Gasteiger partial charge on any atom is -0.452 e. The number of likely N-dealkylation sites (tertiary alicyclic amines) is 1. The van der Waals surface area contributed by atoms with Crippen LogP contribution in [0.15, 0.2) is 17.0 Å². The van der Waals surface area contributed by atoms with Gasteiger partial charge in [-0.25, -0.2) is 13.2 Å². The van der Waals surface area contributed by atoms with Gasteiger partial charge in [-0.2, -0.15) is 4.31 Å². The third-order valence-corrected chi connectivity index (χ3v) is 8.31. The fraction of sp³-hybridized carbons (Fsp3) is 0.600. The van der Waals surface area contributed by atoms with Gasteiger partial charge in [-0.1, -0.05) is 23.2 Å². The number of sulfonamides is 1. The topological polar surface area (TPSA) is 93.2 Å². The van der Waals surface area contributed by atoms with Crippen molar-refractivity contribution in [3.63, 3.8) is 0 Å². The summed E-state index contributed by atoms with van der Waals surface area (Å²) >= 11 is 12.3. The van der Waals surface area contributed by atoms with Crippen molar-refractivity contribution in [3.8, 4) is 0 Å². The molecule has 1 amide bonds. The van der Waals surface area contributed by atoms with E-state index < -0.39 is 22.6 Å². The monoisotopic (exact) mass is 492 g/mol. The summed E-state index contributed by atoms with van der Waals surface area (Å²) in [7, 11) is -3.95. The number of carbonyl (C=O) groups is 2. The van der Waals surface area contributed by atoms with Crippen LogP contribution in [-0.2, 0) is 24.3 Å². The molecular formula is C20H26Cl2N2O6S. The first-order valence-electron chi connectivity index (χ1n) is 10.2. The molecule has 11 heteroatoms. The van der Waals surface area contributed by atoms with E-state index in [4.69, 9.17) is 32.7 Å². The highest BCUT2D eigenvalue weighted by molar-refractivity contribution is 7.89. The zero-order valence-corrected chi connectivity index (χ0v) is 19.8. The molecule has 0 unspecified atom stereocenters. The first-order valence-corrected chi connectivity index (χ1v) is 12.4. The second-order valence-electron chi connectivity index (χ2n) is 7.79. The molecular weight excluding hydrogens is 467 g/mol. The lowest BCUT2D eigenvalue weighted by atomic mass is 9.97. The minimum atomic E-state index is -3.95. The molecule has 2 heterocycles. The molecule has 0 aromatic heterocycles. The minimum absolute atomic E-state index is 0.0527. The highest BCUT2D eigenvalue weighted by Gasteiger charge is 2.32. The van der Waals surface area contributed by atoms with Gasteiger partial charge in [0.25, 0.3) is 5.91 Å². The van der Waals surface area contributed by atoms with Crippen LogP contribution in [0.4, 0.5) is 0 Å². The Morgan fingerprint density at radius 3 is 2.32 bits per heavy atom. The lowest BCUT2D eigenvalue weighted by molar-refractivity contribution is -0.140. The van der Waals surface area contributed by atoms with Crippen LogP contribution < -0.4 is 0 Å². The van der Waals surface area contributed by atoms with E-state index in [-0.39, 0.29) is 64.8 Å². The van der Waals surface area contributed by atoms with Crippen molar-refractivity contribution in [2.45, 2.75) is 50.1 Å². The fourth-order valence-electron chi connectivity index (χ4n) is 4.00. The highest BCUT2D eigenvalue weighted by Crippen LogP contribution is 2.31. The second kappa shape index (κ2) is 10.0. The van der Waals surface area contributed by atoms with Gasteiger partial charge in [0, 0.05) is 25.2 Å². The molecule has 0 saturated carbocycles. The van der Waals surface area contributed by atoms with Crippen LogP contribution in [0.1, 0.15) is 43.5 Å². The van der Waals surface area contributed by atoms with Crippen molar-refractivity contribution < 1.29 is 27.5 Å². The zero-order valence-electron chi connectivity index (χ0n) is 17.5. The molecule has 2 atom stereocenters. The quantitative estimate of drug-likeness (QED) is 0.586. The Labute approximate surface area is 192 Å². The van der Waals surface area contributed by atoms with Gasteiger partial charge in [0.05, 0.1) is 28.8 Å². The molecule has 0 aliphatic carbocycles. The number of piperidine rings is 1. The number of amides is 1. The van der Waals surface area contributed by atoms with Crippen molar-refractivity contribution >= 4 is 45.1 Å². The number of nitrogens with zero attached hydrogens (tertiary/aromatic N) is 2. The summed E-state index contributed by atoms with van der Waals surface area (Å²) < 4.78 is 37.6. The standard InChI is InChI=1S/C20H26Cl2N2O6S/c1-13-4-3-5-14(2)24(13)19(25)12-30-20(26)15-10-18(17(22)11-16(15)21)31(27,28)23-6-8-29-9-7-23/h10-11,13-14H,3-9,12H2,1-2H3/t13-,14-/m0/s1. The number of hydrogen-bond donors (Lipinski definition) is 0. The van der Waals surface area contributed by atoms with Crippen LogP contribution in [0, 0.1) is 0 Å². The predicted octanol–water partition coefficient (Wildman–Crippen LogP) is 2.96. The third-order valence-electron chi connectivity index (χ3n) is 5.64. The molecule has 31 heavy (non-hydrogen) atoms. The highest BCUT2D eigenvalue weighted by atomic mass is 35.5. The number of esters is 1. The van der Waals surface area contributed by atoms with E-state index in [1.807, 2.05) is 13.8 Å². The average molecular weight is 493 g/mol. The molecule has 3 rings (SSSR count). The number of rotatable bonds is 5. The number of benzene rings is 1. The third kappa shape index (κ3) is 5.34. The normalized spacial score (nSPS) is 22.9. The first kappa shape index (κ1) is 24.3. The zero-order chi connectivity index (χ0) is 22.8. The summed E-state index contributed by atoms with van der Waals surface area (Å²) in [5, 5.41) is -0.150. The number of hydrogen-bond acceptors (Lipinski definition) is 6. The Kier molecular flexibility index (Phi) is 7.86. The average Bonchev–Trinajstić information content (AvgIpc) is 2.72. The van der Waals surface area contributed by atoms with Crippen LogP contribution in [0.2, 0.25) is 10.0 Å². The van der Waals surface area contributed by atoms with Crippen LogP contribution in [0.3, 0.4) is 0 Å². The molecule has 2 aliphatic heterocycles. The van der Waals surface area contributed by atoms with E-state index in [0.29, 0.717) is 0 Å². The van der Waals surface area contributed by atoms with Crippen LogP contribution in [-0.4, -0.2) is 74.5 Å². The largest absolute Gasteiger partial charge is 0.452 e. The predicted molar refractivity (Wildman–Crippen MR) is 116 cm³/mol. The molecule has 2 fully saturated rings. The fourth-order valence-corrected chi connectivity index (χ4v) is 6.23. The summed E-state index contributed by atoms with van der Waals surface area (Å²) in [5.41, 5.74) is -0.162. The second-order valence-corrected chi connectivity index (χ2v) is 10.5. The summed E-state index contributed by atoms with van der Waals surface area (Å²) in [6, 6.07) is 2.44. The number of halogens is 2. The molecule has 0 radical (unpaired) electrons. The van der Waals surface area contributed by atoms with Crippen LogP contribution >= 0.6 is 23.2 Å². The summed E-state index contributed by atoms with van der Waals surface area (Å²) in [6.45, 7) is 4.40. The molecule has 2 aliphatic rings. The van der Waals surface area contributed by atoms with E-state index in [1.54, 1.807) is 4.90 Å². The van der Waals surface area contributed by atoms with Gasteiger partial charge in [-0.05, 0) is 45.2 Å². The lowest BCUT2D eigenvalue weighted by Gasteiger charge is -2.38. The number of morpholine rings is 1. The molecule has 2 saturated heterocycles. The van der Waals surface area contributed by atoms with E-state index in [0.717, 1.165) is 25.3 Å². The Balaban J connectivity index is 1.77. The van der Waals surface area contributed by atoms with Crippen molar-refractivity contribution in [1.82, 2.24) is 9.21 Å². The van der Waals surface area contributed by atoms with Crippen molar-refractivity contribution in [1.29, 1.82) is 0 Å². The maximum atomic E-state index is 13.0. The van der Waals surface area contributed by atoms with Crippen LogP contribution in [0.5, 0.6) is 0 Å². The molecule has 8 nitrogen and oxygen atoms in total. The van der Waals surface area contributed by atoms with E-state index in [9.17, 15) is 18.0 Å². The lowest BCUT2D eigenvalue weighted by Crippen LogP contribution is -2.49. The molecule has 0 bridgehead atoms. The maximum absolute atomic E-state index is 13.0. The Morgan fingerprint density at radius 1 is 1.10 bits per heavy atom. The van der Waals surface area contributed by atoms with E-state index in [1.165, 1.54) is 10.4 Å². The van der Waals surface area contributed by atoms with Crippen molar-refractivity contribution in [2.24, 2.45) is 0 Å². The van der Waals surface area contributed by atoms with Crippen LogP contribution in [0.25, 0.3) is 0 Å². The van der Waals surface area contributed by atoms with Gasteiger partial charge in [-0.3, -0.25) is 4.79 Å². The van der Waals surface area contributed by atoms with Gasteiger partial charge >= 0.3 is 5.97 Å². The molecule has 1 aromatic carbocycles. The molecule has 0 N–H and O–H groups in total. The molecule has 172 valence electrons. The van der Waals surface area contributed by atoms with Gasteiger partial charge in [0.1, 0.15) is 4.90 Å². The first-order chi connectivity index (χ1) is 14.6. The summed E-state index contributed by atoms with van der Waals surface area (Å²) in [6.07, 6.45) is 2.85. The Morgan fingerprint density at radius 2 is 1.71 bits per heavy atom. The Hall–Kier alpha value is -1.39. The maximum Gasteiger partial charge on any atom is 0.340 e. The summed E-state index contributed by atoms with van der Waals surface area (Å²) in [4.78, 5) is 26.7. The van der Waals surface area contributed by atoms with Gasteiger partial charge in [0.15, 0.2) is 6.61 Å². The van der Waals surface area contributed by atoms with Gasteiger partial charge < -0.3 is 14.4 Å². The SMILES string of the molecule is C[C@H]1CCC[C@H](C)N1C(=O)COC(=O)c1cc(S(=O)(=O)N2CCOCC2)c(Cl)cc1Cl. The number of ether oxygens (including phenoxy) is 2. The Bertz CT molecular complexity index is 939. The number of carbonyl (C=O) groups excluding carboxylic acids is 2. The van der Waals surface area contributed by atoms with Gasteiger partial charge in [-0.15, -0.1) is 0 Å². The van der Waals surface area contributed by atoms with Crippen molar-refractivity contribution in [2.75, 3.05) is 32.9 Å². The molecule has 1 aromatic rings. The molecule has 0 spiro atoms. The van der Waals surface area contributed by atoms with E-state index in [2.05, 4.69) is 0 Å².